The number of rotatable bonds is 6. The van der Waals surface area contributed by atoms with Crippen LogP contribution in [0, 0.1) is 18.7 Å². The number of hydrogen-bond donors (Lipinski definition) is 1. The first-order chi connectivity index (χ1) is 13.5. The summed E-state index contributed by atoms with van der Waals surface area (Å²) in [4.78, 5) is 12.3. The van der Waals surface area contributed by atoms with E-state index in [0.29, 0.717) is 17.7 Å². The first-order valence-corrected chi connectivity index (χ1v) is 9.38. The molecule has 1 amide bonds. The van der Waals surface area contributed by atoms with Crippen molar-refractivity contribution < 1.29 is 27.1 Å². The molecule has 0 bridgehead atoms. The van der Waals surface area contributed by atoms with Gasteiger partial charge in [0.15, 0.2) is 0 Å². The zero-order chi connectivity index (χ0) is 21.8. The molecule has 1 aliphatic carbocycles. The van der Waals surface area contributed by atoms with Gasteiger partial charge in [0, 0.05) is 12.5 Å². The Bertz CT molecular complexity index is 833. The second-order valence-corrected chi connectivity index (χ2v) is 7.33. The summed E-state index contributed by atoms with van der Waals surface area (Å²) < 4.78 is 58.9. The van der Waals surface area contributed by atoms with E-state index in [2.05, 4.69) is 5.32 Å². The second-order valence-electron chi connectivity index (χ2n) is 7.33. The van der Waals surface area contributed by atoms with Crippen molar-refractivity contribution in [2.45, 2.75) is 52.8 Å². The van der Waals surface area contributed by atoms with Gasteiger partial charge in [-0.15, -0.1) is 0 Å². The van der Waals surface area contributed by atoms with Crippen LogP contribution >= 0.6 is 0 Å². The van der Waals surface area contributed by atoms with E-state index in [-0.39, 0.29) is 29.7 Å². The number of halogens is 4. The molecule has 29 heavy (non-hydrogen) atoms. The topological polar surface area (TPSA) is 38.3 Å². The number of alkyl halides is 3. The molecule has 1 N–H and O–H groups in total. The second kappa shape index (κ2) is 9.29. The maximum Gasteiger partial charge on any atom is 0.419 e. The third-order valence-electron chi connectivity index (χ3n) is 4.57. The minimum absolute atomic E-state index is 0.0146. The molecule has 0 saturated carbocycles. The minimum Gasteiger partial charge on any atom is -0.466 e. The molecule has 0 aliphatic heterocycles. The van der Waals surface area contributed by atoms with E-state index >= 15 is 0 Å². The summed E-state index contributed by atoms with van der Waals surface area (Å²) in [6, 6.07) is 4.03. The number of aryl methyl sites for hydroxylation is 1. The average molecular weight is 411 g/mol. The molecular formula is C22H25F4NO2. The lowest BCUT2D eigenvalue weighted by atomic mass is 9.96. The van der Waals surface area contributed by atoms with Crippen LogP contribution in [-0.4, -0.2) is 18.1 Å². The molecule has 2 unspecified atom stereocenters. The molecule has 1 aromatic rings. The molecule has 158 valence electrons. The minimum atomic E-state index is -4.48. The standard InChI is InChI=1S/C22H25F4NO2/c1-13-8-11-17(22(24,25)26)19(12-13)29-16(4)10-9-15(3)27-21(28)20-14(2)6-5-7-18(20)23/h5-8,10-11,13,15H,9,12H2,1-4H3,(H,27,28). The number of allylic oxidation sites excluding steroid dienone is 5. The van der Waals surface area contributed by atoms with E-state index < -0.39 is 23.5 Å². The molecule has 0 aromatic heterocycles. The van der Waals surface area contributed by atoms with Crippen LogP contribution in [0.15, 0.2) is 53.5 Å². The van der Waals surface area contributed by atoms with Gasteiger partial charge in [-0.3, -0.25) is 4.79 Å². The zero-order valence-electron chi connectivity index (χ0n) is 16.9. The summed E-state index contributed by atoms with van der Waals surface area (Å²) in [5.74, 6) is -0.984. The highest BCUT2D eigenvalue weighted by molar-refractivity contribution is 5.96. The van der Waals surface area contributed by atoms with Crippen LogP contribution in [0.2, 0.25) is 0 Å². The van der Waals surface area contributed by atoms with E-state index in [4.69, 9.17) is 4.74 Å². The van der Waals surface area contributed by atoms with Crippen LogP contribution in [-0.2, 0) is 4.74 Å². The normalized spacial score (nSPS) is 18.6. The lowest BCUT2D eigenvalue weighted by Crippen LogP contribution is -2.33. The van der Waals surface area contributed by atoms with Gasteiger partial charge < -0.3 is 10.1 Å². The monoisotopic (exact) mass is 411 g/mol. The van der Waals surface area contributed by atoms with Gasteiger partial charge in [0.25, 0.3) is 5.91 Å². The maximum absolute atomic E-state index is 13.9. The van der Waals surface area contributed by atoms with Gasteiger partial charge in [-0.05, 0) is 50.8 Å². The number of carbonyl (C=O) groups excluding carboxylic acids is 1. The van der Waals surface area contributed by atoms with Crippen molar-refractivity contribution in [1.29, 1.82) is 0 Å². The lowest BCUT2D eigenvalue weighted by molar-refractivity contribution is -0.0918. The Morgan fingerprint density at radius 1 is 1.38 bits per heavy atom. The SMILES string of the molecule is CC(=CCC(C)NC(=O)c1c(C)cccc1F)OC1=C(C(F)(F)F)C=CC(C)C1. The Hall–Kier alpha value is -2.57. The predicted molar refractivity (Wildman–Crippen MR) is 104 cm³/mol. The van der Waals surface area contributed by atoms with Crippen LogP contribution in [0.4, 0.5) is 17.6 Å². The Morgan fingerprint density at radius 2 is 2.07 bits per heavy atom. The highest BCUT2D eigenvalue weighted by atomic mass is 19.4. The number of nitrogens with one attached hydrogen (secondary N) is 1. The van der Waals surface area contributed by atoms with E-state index in [9.17, 15) is 22.4 Å². The summed E-state index contributed by atoms with van der Waals surface area (Å²) in [6.07, 6.45) is 0.183. The average Bonchev–Trinajstić information content (AvgIpc) is 2.58. The summed E-state index contributed by atoms with van der Waals surface area (Å²) in [6.45, 7) is 6.75. The van der Waals surface area contributed by atoms with Gasteiger partial charge in [-0.1, -0.05) is 31.2 Å². The summed E-state index contributed by atoms with van der Waals surface area (Å²) >= 11 is 0. The molecule has 0 saturated heterocycles. The molecule has 3 nitrogen and oxygen atoms in total. The molecule has 2 rings (SSSR count). The van der Waals surface area contributed by atoms with E-state index in [0.717, 1.165) is 6.08 Å². The largest absolute Gasteiger partial charge is 0.466 e. The van der Waals surface area contributed by atoms with Gasteiger partial charge in [0.05, 0.1) is 16.9 Å². The molecule has 1 aliphatic rings. The number of ether oxygens (including phenoxy) is 1. The number of benzene rings is 1. The molecule has 0 radical (unpaired) electrons. The van der Waals surface area contributed by atoms with Crippen LogP contribution in [0.5, 0.6) is 0 Å². The van der Waals surface area contributed by atoms with Crippen LogP contribution in [0.25, 0.3) is 0 Å². The molecule has 0 spiro atoms. The fourth-order valence-corrected chi connectivity index (χ4v) is 3.03. The van der Waals surface area contributed by atoms with E-state index in [1.54, 1.807) is 32.9 Å². The molecule has 0 heterocycles. The Morgan fingerprint density at radius 3 is 2.69 bits per heavy atom. The third-order valence-corrected chi connectivity index (χ3v) is 4.57. The fourth-order valence-electron chi connectivity index (χ4n) is 3.03. The Labute approximate surface area is 168 Å². The van der Waals surface area contributed by atoms with Gasteiger partial charge >= 0.3 is 6.18 Å². The van der Waals surface area contributed by atoms with Crippen LogP contribution in [0.3, 0.4) is 0 Å². The molecular weight excluding hydrogens is 386 g/mol. The zero-order valence-corrected chi connectivity index (χ0v) is 16.9. The van der Waals surface area contributed by atoms with Crippen molar-refractivity contribution in [2.24, 2.45) is 5.92 Å². The quantitative estimate of drug-likeness (QED) is 0.462. The summed E-state index contributed by atoms with van der Waals surface area (Å²) in [5.41, 5.74) is -0.269. The first kappa shape index (κ1) is 22.7. The number of carbonyl (C=O) groups is 1. The third kappa shape index (κ3) is 6.21. The molecule has 0 fully saturated rings. The molecule has 1 aromatic carbocycles. The fraction of sp³-hybridized carbons (Fsp3) is 0.409. The van der Waals surface area contributed by atoms with Gasteiger partial charge in [-0.2, -0.15) is 13.2 Å². The Kier molecular flexibility index (Phi) is 7.27. The predicted octanol–water partition coefficient (Wildman–Crippen LogP) is 5.98. The molecule has 7 heteroatoms. The van der Waals surface area contributed by atoms with Crippen LogP contribution < -0.4 is 5.32 Å². The highest BCUT2D eigenvalue weighted by Gasteiger charge is 2.37. The van der Waals surface area contributed by atoms with Crippen molar-refractivity contribution in [1.82, 2.24) is 5.32 Å². The van der Waals surface area contributed by atoms with Crippen molar-refractivity contribution >= 4 is 5.91 Å². The van der Waals surface area contributed by atoms with Crippen molar-refractivity contribution in [3.8, 4) is 0 Å². The smallest absolute Gasteiger partial charge is 0.419 e. The van der Waals surface area contributed by atoms with E-state index in [1.807, 2.05) is 6.92 Å². The van der Waals surface area contributed by atoms with Gasteiger partial charge in [-0.25, -0.2) is 4.39 Å². The molecule has 2 atom stereocenters. The van der Waals surface area contributed by atoms with Crippen molar-refractivity contribution in [3.63, 3.8) is 0 Å². The van der Waals surface area contributed by atoms with Crippen molar-refractivity contribution in [3.05, 3.63) is 70.5 Å². The lowest BCUT2D eigenvalue weighted by Gasteiger charge is -2.22. The first-order valence-electron chi connectivity index (χ1n) is 9.38. The van der Waals surface area contributed by atoms with Gasteiger partial charge in [0.1, 0.15) is 11.6 Å². The summed E-state index contributed by atoms with van der Waals surface area (Å²) in [7, 11) is 0. The van der Waals surface area contributed by atoms with Crippen molar-refractivity contribution in [2.75, 3.05) is 0 Å². The van der Waals surface area contributed by atoms with Crippen LogP contribution in [0.1, 0.15) is 49.5 Å². The number of hydrogen-bond acceptors (Lipinski definition) is 2. The van der Waals surface area contributed by atoms with Gasteiger partial charge in [0.2, 0.25) is 0 Å². The highest BCUT2D eigenvalue weighted by Crippen LogP contribution is 2.36. The Balaban J connectivity index is 2.02. The summed E-state index contributed by atoms with van der Waals surface area (Å²) in [5, 5.41) is 2.69. The van der Waals surface area contributed by atoms with E-state index in [1.165, 1.54) is 18.2 Å². The number of amides is 1. The maximum atomic E-state index is 13.9.